The topological polar surface area (TPSA) is 83.6 Å². The highest BCUT2D eigenvalue weighted by molar-refractivity contribution is 5.67. The van der Waals surface area contributed by atoms with Gasteiger partial charge in [-0.1, -0.05) is 12.1 Å². The highest BCUT2D eigenvalue weighted by Crippen LogP contribution is 2.21. The van der Waals surface area contributed by atoms with Crippen molar-refractivity contribution >= 4 is 5.97 Å². The maximum atomic E-state index is 10.4. The molecule has 0 amide bonds. The number of aryl methyl sites for hydroxylation is 1. The molecule has 0 fully saturated rings. The number of aliphatic carboxylic acids is 1. The third kappa shape index (κ3) is 2.47. The molecule has 76 valence electrons. The molecule has 0 spiro atoms. The van der Waals surface area contributed by atoms with Crippen LogP contribution >= 0.6 is 0 Å². The molecule has 0 bridgehead atoms. The molecule has 0 aliphatic carbocycles. The van der Waals surface area contributed by atoms with Crippen molar-refractivity contribution < 1.29 is 15.0 Å². The Balaban J connectivity index is 2.85. The Morgan fingerprint density at radius 3 is 2.71 bits per heavy atom. The lowest BCUT2D eigenvalue weighted by atomic mass is 10.0. The van der Waals surface area contributed by atoms with Crippen LogP contribution < -0.4 is 5.73 Å². The van der Waals surface area contributed by atoms with Crippen LogP contribution in [0.4, 0.5) is 0 Å². The van der Waals surface area contributed by atoms with Crippen molar-refractivity contribution in [2.24, 2.45) is 5.73 Å². The highest BCUT2D eigenvalue weighted by Gasteiger charge is 2.11. The fraction of sp³-hybridized carbons (Fsp3) is 0.300. The van der Waals surface area contributed by atoms with Gasteiger partial charge in [0.1, 0.15) is 5.75 Å². The number of benzene rings is 1. The Hall–Kier alpha value is -1.55. The van der Waals surface area contributed by atoms with Crippen LogP contribution in [0.5, 0.6) is 5.75 Å². The van der Waals surface area contributed by atoms with Gasteiger partial charge in [-0.25, -0.2) is 0 Å². The lowest BCUT2D eigenvalue weighted by molar-refractivity contribution is -0.137. The van der Waals surface area contributed by atoms with Crippen molar-refractivity contribution in [1.82, 2.24) is 0 Å². The van der Waals surface area contributed by atoms with Gasteiger partial charge in [-0.3, -0.25) is 4.79 Å². The molecule has 4 heteroatoms. The summed E-state index contributed by atoms with van der Waals surface area (Å²) >= 11 is 0. The molecule has 0 aliphatic heterocycles. The monoisotopic (exact) mass is 195 g/mol. The summed E-state index contributed by atoms with van der Waals surface area (Å²) in [4.78, 5) is 10.4. The van der Waals surface area contributed by atoms with E-state index in [1.165, 1.54) is 6.07 Å². The van der Waals surface area contributed by atoms with Crippen LogP contribution in [0.3, 0.4) is 0 Å². The number of hydrogen-bond acceptors (Lipinski definition) is 3. The minimum atomic E-state index is -0.928. The quantitative estimate of drug-likeness (QED) is 0.676. The second-order valence-corrected chi connectivity index (χ2v) is 3.25. The first-order chi connectivity index (χ1) is 6.50. The second kappa shape index (κ2) is 4.11. The summed E-state index contributed by atoms with van der Waals surface area (Å²) in [5, 5.41) is 17.8. The number of carbonyl (C=O) groups is 1. The number of nitrogens with two attached hydrogens (primary N) is 1. The maximum Gasteiger partial charge on any atom is 0.305 e. The predicted molar refractivity (Wildman–Crippen MR) is 52.0 cm³/mol. The summed E-state index contributed by atoms with van der Waals surface area (Å²) in [5.41, 5.74) is 7.07. The fourth-order valence-corrected chi connectivity index (χ4v) is 1.22. The van der Waals surface area contributed by atoms with E-state index in [2.05, 4.69) is 0 Å². The molecular weight excluding hydrogens is 182 g/mol. The van der Waals surface area contributed by atoms with Crippen molar-refractivity contribution in [3.8, 4) is 5.75 Å². The number of aromatic hydroxyl groups is 1. The first kappa shape index (κ1) is 10.5. The molecular formula is C10H13NO3. The zero-order valence-electron chi connectivity index (χ0n) is 7.90. The van der Waals surface area contributed by atoms with Crippen LogP contribution in [0.15, 0.2) is 18.2 Å². The van der Waals surface area contributed by atoms with Gasteiger partial charge in [-0.2, -0.15) is 0 Å². The molecule has 0 aromatic heterocycles. The van der Waals surface area contributed by atoms with Crippen LogP contribution in [0.2, 0.25) is 0 Å². The van der Waals surface area contributed by atoms with E-state index in [0.29, 0.717) is 5.56 Å². The predicted octanol–water partition coefficient (Wildman–Crippen LogP) is 1.18. The van der Waals surface area contributed by atoms with Crippen molar-refractivity contribution in [2.75, 3.05) is 0 Å². The summed E-state index contributed by atoms with van der Waals surface area (Å²) in [6, 6.07) is 4.33. The van der Waals surface area contributed by atoms with E-state index in [1.807, 2.05) is 0 Å². The molecule has 0 heterocycles. The standard InChI is InChI=1S/C10H13NO3/c1-6-4-7(2-3-9(6)12)8(11)5-10(13)14/h2-4,8,12H,5,11H2,1H3,(H,13,14). The Morgan fingerprint density at radius 2 is 2.21 bits per heavy atom. The normalized spacial score (nSPS) is 12.4. The first-order valence-corrected chi connectivity index (χ1v) is 4.27. The molecule has 4 N–H and O–H groups in total. The lowest BCUT2D eigenvalue weighted by Crippen LogP contribution is -2.14. The molecule has 1 unspecified atom stereocenters. The highest BCUT2D eigenvalue weighted by atomic mass is 16.4. The summed E-state index contributed by atoms with van der Waals surface area (Å²) in [6.45, 7) is 1.74. The fourth-order valence-electron chi connectivity index (χ4n) is 1.22. The SMILES string of the molecule is Cc1cc(C(N)CC(=O)O)ccc1O. The number of rotatable bonds is 3. The van der Waals surface area contributed by atoms with Crippen LogP contribution in [-0.4, -0.2) is 16.2 Å². The van der Waals surface area contributed by atoms with Gasteiger partial charge in [0.25, 0.3) is 0 Å². The Bertz CT molecular complexity index is 349. The Kier molecular flexibility index (Phi) is 3.09. The van der Waals surface area contributed by atoms with Gasteiger partial charge in [0, 0.05) is 6.04 Å². The van der Waals surface area contributed by atoms with Gasteiger partial charge in [0.05, 0.1) is 6.42 Å². The van der Waals surface area contributed by atoms with E-state index in [1.54, 1.807) is 19.1 Å². The molecule has 4 nitrogen and oxygen atoms in total. The third-order valence-electron chi connectivity index (χ3n) is 2.04. The number of hydrogen-bond donors (Lipinski definition) is 3. The number of phenols is 1. The van der Waals surface area contributed by atoms with Crippen LogP contribution in [-0.2, 0) is 4.79 Å². The van der Waals surface area contributed by atoms with E-state index in [9.17, 15) is 9.90 Å². The van der Waals surface area contributed by atoms with Gasteiger partial charge >= 0.3 is 5.97 Å². The van der Waals surface area contributed by atoms with Crippen molar-refractivity contribution in [3.63, 3.8) is 0 Å². The average molecular weight is 195 g/mol. The Morgan fingerprint density at radius 1 is 1.57 bits per heavy atom. The molecule has 0 radical (unpaired) electrons. The van der Waals surface area contributed by atoms with Gasteiger partial charge in [-0.15, -0.1) is 0 Å². The van der Waals surface area contributed by atoms with E-state index >= 15 is 0 Å². The number of carboxylic acid groups (broad SMARTS) is 1. The first-order valence-electron chi connectivity index (χ1n) is 4.27. The minimum absolute atomic E-state index is 0.107. The molecule has 0 aliphatic rings. The van der Waals surface area contributed by atoms with Crippen LogP contribution in [0.25, 0.3) is 0 Å². The molecule has 1 aromatic carbocycles. The summed E-state index contributed by atoms with van der Waals surface area (Å²) in [6.07, 6.45) is -0.107. The van der Waals surface area contributed by atoms with Crippen LogP contribution in [0, 0.1) is 6.92 Å². The molecule has 1 aromatic rings. The van der Waals surface area contributed by atoms with Gasteiger partial charge in [0.15, 0.2) is 0 Å². The molecule has 1 atom stereocenters. The van der Waals surface area contributed by atoms with E-state index in [0.717, 1.165) is 5.56 Å². The minimum Gasteiger partial charge on any atom is -0.508 e. The molecule has 14 heavy (non-hydrogen) atoms. The number of phenolic OH excluding ortho intramolecular Hbond substituents is 1. The zero-order valence-corrected chi connectivity index (χ0v) is 7.90. The van der Waals surface area contributed by atoms with E-state index in [-0.39, 0.29) is 12.2 Å². The van der Waals surface area contributed by atoms with Gasteiger partial charge in [-0.05, 0) is 24.1 Å². The van der Waals surface area contributed by atoms with Crippen LogP contribution in [0.1, 0.15) is 23.6 Å². The summed E-state index contributed by atoms with van der Waals surface area (Å²) in [7, 11) is 0. The number of carboxylic acids is 1. The van der Waals surface area contributed by atoms with Crippen molar-refractivity contribution in [2.45, 2.75) is 19.4 Å². The third-order valence-corrected chi connectivity index (χ3v) is 2.04. The second-order valence-electron chi connectivity index (χ2n) is 3.25. The average Bonchev–Trinajstić information content (AvgIpc) is 2.08. The molecule has 0 saturated heterocycles. The molecule has 0 saturated carbocycles. The summed E-state index contributed by atoms with van der Waals surface area (Å²) < 4.78 is 0. The zero-order chi connectivity index (χ0) is 10.7. The Labute approximate surface area is 82.0 Å². The van der Waals surface area contributed by atoms with Gasteiger partial charge < -0.3 is 15.9 Å². The van der Waals surface area contributed by atoms with E-state index < -0.39 is 12.0 Å². The smallest absolute Gasteiger partial charge is 0.305 e. The largest absolute Gasteiger partial charge is 0.508 e. The van der Waals surface area contributed by atoms with E-state index in [4.69, 9.17) is 10.8 Å². The summed E-state index contributed by atoms with van der Waals surface area (Å²) in [5.74, 6) is -0.737. The lowest BCUT2D eigenvalue weighted by Gasteiger charge is -2.10. The van der Waals surface area contributed by atoms with Gasteiger partial charge in [0.2, 0.25) is 0 Å². The molecule has 1 rings (SSSR count). The van der Waals surface area contributed by atoms with Crippen molar-refractivity contribution in [3.05, 3.63) is 29.3 Å². The van der Waals surface area contributed by atoms with Crippen molar-refractivity contribution in [1.29, 1.82) is 0 Å². The maximum absolute atomic E-state index is 10.4.